The maximum atomic E-state index is 12.6. The molecule has 42 heavy (non-hydrogen) atoms. The average Bonchev–Trinajstić information content (AvgIpc) is 3.17. The Morgan fingerprint density at radius 2 is 1.48 bits per heavy atom. The molecule has 4 heterocycles. The molecule has 2 aromatic carbocycles. The van der Waals surface area contributed by atoms with Gasteiger partial charge in [0.15, 0.2) is 0 Å². The van der Waals surface area contributed by atoms with Gasteiger partial charge >= 0.3 is 12.0 Å². The van der Waals surface area contributed by atoms with Gasteiger partial charge in [-0.25, -0.2) is 19.7 Å². The summed E-state index contributed by atoms with van der Waals surface area (Å²) in [7, 11) is 0. The molecule has 1 atom stereocenters. The number of hydrogen-bond donors (Lipinski definition) is 2. The van der Waals surface area contributed by atoms with Crippen molar-refractivity contribution in [3.63, 3.8) is 0 Å². The molecule has 0 saturated carbocycles. The maximum absolute atomic E-state index is 12.6. The van der Waals surface area contributed by atoms with E-state index in [0.29, 0.717) is 43.2 Å². The fourth-order valence-electron chi connectivity index (χ4n) is 5.24. The lowest BCUT2D eigenvalue weighted by Crippen LogP contribution is -2.43. The number of fused-ring (bicyclic) bond motifs is 2. The van der Waals surface area contributed by atoms with Crippen molar-refractivity contribution in [2.24, 2.45) is 0 Å². The molecule has 0 unspecified atom stereocenters. The molecule has 2 N–H and O–H groups in total. The lowest BCUT2D eigenvalue weighted by Gasteiger charge is -2.32. The molecule has 10 nitrogen and oxygen atoms in total. The van der Waals surface area contributed by atoms with Crippen molar-refractivity contribution >= 4 is 17.6 Å². The maximum Gasteiger partial charge on any atom is 0.329 e. The van der Waals surface area contributed by atoms with Crippen molar-refractivity contribution < 1.29 is 28.9 Å². The summed E-state index contributed by atoms with van der Waals surface area (Å²) in [5, 5.41) is 12.3. The number of aromatic nitrogens is 2. The van der Waals surface area contributed by atoms with E-state index in [9.17, 15) is 14.7 Å². The monoisotopic (exact) mass is 574 g/mol. The van der Waals surface area contributed by atoms with E-state index in [1.165, 1.54) is 12.4 Å². The van der Waals surface area contributed by atoms with Crippen LogP contribution in [0.4, 0.5) is 10.5 Å². The Morgan fingerprint density at radius 1 is 0.905 bits per heavy atom. The largest absolute Gasteiger partial charge is 0.508 e. The second kappa shape index (κ2) is 11.0. The van der Waals surface area contributed by atoms with Gasteiger partial charge in [-0.2, -0.15) is 0 Å². The number of imide groups is 1. The summed E-state index contributed by atoms with van der Waals surface area (Å²) in [4.78, 5) is 34.3. The third-order valence-corrected chi connectivity index (χ3v) is 7.96. The van der Waals surface area contributed by atoms with E-state index in [0.717, 1.165) is 33.6 Å². The van der Waals surface area contributed by atoms with Crippen LogP contribution in [0.5, 0.6) is 17.5 Å². The molecule has 222 valence electrons. The number of hydrogen-bond acceptors (Lipinski definition) is 8. The first-order chi connectivity index (χ1) is 19.8. The average molecular weight is 575 g/mol. The first-order valence-corrected chi connectivity index (χ1v) is 14.2. The SMILES string of the molecule is CC1(C)Cc2c(O)cccc2CO1.CC[C@@]1(C)NC(=O)N(c2cnc(Oc3cccc4c3CC(C)(C)OC4)nc2)C1=O. The van der Waals surface area contributed by atoms with Crippen molar-refractivity contribution in [1.29, 1.82) is 0 Å². The molecule has 3 aliphatic rings. The number of benzene rings is 2. The van der Waals surface area contributed by atoms with Gasteiger partial charge in [-0.15, -0.1) is 0 Å². The Morgan fingerprint density at radius 3 is 2.07 bits per heavy atom. The molecule has 0 aliphatic carbocycles. The highest BCUT2D eigenvalue weighted by Crippen LogP contribution is 2.36. The van der Waals surface area contributed by atoms with Crippen LogP contribution in [0.1, 0.15) is 70.2 Å². The van der Waals surface area contributed by atoms with E-state index < -0.39 is 11.6 Å². The van der Waals surface area contributed by atoms with E-state index >= 15 is 0 Å². The van der Waals surface area contributed by atoms with Gasteiger partial charge in [-0.05, 0) is 64.3 Å². The van der Waals surface area contributed by atoms with Gasteiger partial charge in [0.25, 0.3) is 5.91 Å². The van der Waals surface area contributed by atoms with Crippen molar-refractivity contribution in [1.82, 2.24) is 15.3 Å². The molecule has 1 saturated heterocycles. The molecule has 1 aromatic heterocycles. The molecule has 0 spiro atoms. The van der Waals surface area contributed by atoms with Crippen LogP contribution >= 0.6 is 0 Å². The van der Waals surface area contributed by atoms with Crippen LogP contribution in [-0.4, -0.2) is 43.8 Å². The number of carbonyl (C=O) groups is 2. The lowest BCUT2D eigenvalue weighted by molar-refractivity contribution is -0.121. The van der Waals surface area contributed by atoms with Crippen LogP contribution in [0.15, 0.2) is 48.8 Å². The summed E-state index contributed by atoms with van der Waals surface area (Å²) < 4.78 is 17.4. The molecular formula is C32H38N4O6. The zero-order chi connectivity index (χ0) is 30.3. The fraction of sp³-hybridized carbons (Fsp3) is 0.438. The van der Waals surface area contributed by atoms with Gasteiger partial charge in [-0.3, -0.25) is 4.79 Å². The molecule has 1 fully saturated rings. The number of carbonyl (C=O) groups excluding carboxylic acids is 2. The van der Waals surface area contributed by atoms with Crippen LogP contribution in [0.3, 0.4) is 0 Å². The predicted molar refractivity (Wildman–Crippen MR) is 157 cm³/mol. The normalized spacial score (nSPS) is 21.9. The number of nitrogens with one attached hydrogen (secondary N) is 1. The highest BCUT2D eigenvalue weighted by atomic mass is 16.5. The number of aromatic hydroxyl groups is 1. The van der Waals surface area contributed by atoms with Crippen molar-refractivity contribution in [2.75, 3.05) is 4.90 Å². The van der Waals surface area contributed by atoms with Gasteiger partial charge in [0, 0.05) is 24.0 Å². The molecule has 3 aliphatic heterocycles. The summed E-state index contributed by atoms with van der Waals surface area (Å²) >= 11 is 0. The molecule has 3 aromatic rings. The van der Waals surface area contributed by atoms with Crippen molar-refractivity contribution in [3.05, 3.63) is 71.0 Å². The standard InChI is InChI=1S/C21H24N4O4.C11H14O2/c1-5-21(4)17(26)25(19(27)24-21)14-10-22-18(23-11-14)29-16-8-6-7-13-12-28-20(2,3)9-15(13)16;1-11(2)6-9-8(7-13-11)4-3-5-10(9)12/h6-8,10-11H,5,9,12H2,1-4H3,(H,24,27);3-5,12H,6-7H2,1-2H3/t21-;/m1./s1. The summed E-state index contributed by atoms with van der Waals surface area (Å²) in [6, 6.07) is 11.1. The van der Waals surface area contributed by atoms with Crippen molar-refractivity contribution in [3.8, 4) is 17.5 Å². The number of amides is 3. The van der Waals surface area contributed by atoms with Crippen LogP contribution in [0, 0.1) is 0 Å². The van der Waals surface area contributed by atoms with Crippen LogP contribution in [0.25, 0.3) is 0 Å². The van der Waals surface area contributed by atoms with Crippen LogP contribution in [0.2, 0.25) is 0 Å². The van der Waals surface area contributed by atoms with Gasteiger partial charge in [0.05, 0.1) is 42.5 Å². The van der Waals surface area contributed by atoms with Gasteiger partial charge in [-0.1, -0.05) is 31.2 Å². The van der Waals surface area contributed by atoms with E-state index in [2.05, 4.69) is 15.3 Å². The molecule has 10 heteroatoms. The van der Waals surface area contributed by atoms with E-state index in [1.54, 1.807) is 13.0 Å². The quantitative estimate of drug-likeness (QED) is 0.387. The molecule has 0 bridgehead atoms. The number of phenols is 1. The third kappa shape index (κ3) is 5.96. The second-order valence-corrected chi connectivity index (χ2v) is 12.3. The first kappa shape index (κ1) is 29.5. The third-order valence-electron chi connectivity index (χ3n) is 7.96. The minimum absolute atomic E-state index is 0.147. The highest BCUT2D eigenvalue weighted by Gasteiger charge is 2.47. The smallest absolute Gasteiger partial charge is 0.329 e. The van der Waals surface area contributed by atoms with Gasteiger partial charge in [0.1, 0.15) is 17.0 Å². The zero-order valence-corrected chi connectivity index (χ0v) is 25.0. The fourth-order valence-corrected chi connectivity index (χ4v) is 5.24. The number of anilines is 1. The summed E-state index contributed by atoms with van der Waals surface area (Å²) in [6.07, 6.45) is 4.84. The summed E-state index contributed by atoms with van der Waals surface area (Å²) in [5.74, 6) is 0.760. The van der Waals surface area contributed by atoms with Crippen LogP contribution in [-0.2, 0) is 40.3 Å². The number of urea groups is 1. The number of rotatable bonds is 4. The minimum Gasteiger partial charge on any atom is -0.508 e. The summed E-state index contributed by atoms with van der Waals surface area (Å²) in [5.41, 5.74) is 3.28. The zero-order valence-electron chi connectivity index (χ0n) is 25.0. The van der Waals surface area contributed by atoms with E-state index in [1.807, 2.05) is 65.0 Å². The van der Waals surface area contributed by atoms with Gasteiger partial charge in [0.2, 0.25) is 0 Å². The van der Waals surface area contributed by atoms with E-state index in [-0.39, 0.29) is 23.1 Å². The van der Waals surface area contributed by atoms with Crippen LogP contribution < -0.4 is 15.0 Å². The molecule has 6 rings (SSSR count). The molecular weight excluding hydrogens is 536 g/mol. The molecule has 0 radical (unpaired) electrons. The van der Waals surface area contributed by atoms with Gasteiger partial charge < -0.3 is 24.6 Å². The number of nitrogens with zero attached hydrogens (tertiary/aromatic N) is 3. The highest BCUT2D eigenvalue weighted by molar-refractivity contribution is 6.23. The van der Waals surface area contributed by atoms with E-state index in [4.69, 9.17) is 14.2 Å². The first-order valence-electron chi connectivity index (χ1n) is 14.2. The minimum atomic E-state index is -0.912. The Balaban J connectivity index is 0.000000226. The Hall–Kier alpha value is -4.02. The lowest BCUT2D eigenvalue weighted by atomic mass is 9.91. The Kier molecular flexibility index (Phi) is 7.72. The Bertz CT molecular complexity index is 1500. The molecule has 3 amide bonds. The predicted octanol–water partition coefficient (Wildman–Crippen LogP) is 5.59. The summed E-state index contributed by atoms with van der Waals surface area (Å²) in [6.45, 7) is 12.9. The topological polar surface area (TPSA) is 123 Å². The van der Waals surface area contributed by atoms with Crippen molar-refractivity contribution in [2.45, 2.75) is 90.8 Å². The Labute approximate surface area is 246 Å². The second-order valence-electron chi connectivity index (χ2n) is 12.3. The number of phenolic OH excluding ortho intramolecular Hbond substituents is 1. The number of ether oxygens (including phenoxy) is 3.